The summed E-state index contributed by atoms with van der Waals surface area (Å²) >= 11 is 3.45. The normalized spacial score (nSPS) is 20.4. The predicted octanol–water partition coefficient (Wildman–Crippen LogP) is 3.65. The van der Waals surface area contributed by atoms with Gasteiger partial charge in [0.15, 0.2) is 0 Å². The summed E-state index contributed by atoms with van der Waals surface area (Å²) in [6.07, 6.45) is 2.63. The molecule has 1 aliphatic heterocycles. The fourth-order valence-electron chi connectivity index (χ4n) is 2.63. The summed E-state index contributed by atoms with van der Waals surface area (Å²) < 4.78 is 1.05. The fraction of sp³-hybridized carbons (Fsp3) is 0.571. The van der Waals surface area contributed by atoms with Crippen molar-refractivity contribution in [3.63, 3.8) is 0 Å². The van der Waals surface area contributed by atoms with Gasteiger partial charge in [0.2, 0.25) is 0 Å². The molecule has 1 saturated heterocycles. The van der Waals surface area contributed by atoms with E-state index in [1.54, 1.807) is 0 Å². The number of nitrogen functional groups attached to an aromatic ring is 1. The summed E-state index contributed by atoms with van der Waals surface area (Å²) in [5, 5.41) is 0. The number of nitrogens with two attached hydrogens (primary N) is 1. The molecule has 17 heavy (non-hydrogen) atoms. The molecule has 2 N–H and O–H groups in total. The fourth-order valence-corrected chi connectivity index (χ4v) is 3.01. The first-order valence-electron chi connectivity index (χ1n) is 6.23. The van der Waals surface area contributed by atoms with Crippen molar-refractivity contribution in [3.8, 4) is 0 Å². The first-order chi connectivity index (χ1) is 7.96. The van der Waals surface area contributed by atoms with E-state index >= 15 is 0 Å². The third kappa shape index (κ3) is 3.46. The number of nitrogens with zero attached hydrogens (tertiary/aromatic N) is 1. The predicted molar refractivity (Wildman–Crippen MR) is 76.8 cm³/mol. The highest BCUT2D eigenvalue weighted by Gasteiger charge is 2.26. The summed E-state index contributed by atoms with van der Waals surface area (Å²) in [6, 6.07) is 6.19. The van der Waals surface area contributed by atoms with Crippen LogP contribution in [0.1, 0.15) is 32.3 Å². The monoisotopic (exact) mass is 296 g/mol. The molecule has 2 nitrogen and oxygen atoms in total. The van der Waals surface area contributed by atoms with Gasteiger partial charge in [-0.1, -0.05) is 35.8 Å². The summed E-state index contributed by atoms with van der Waals surface area (Å²) in [5.41, 5.74) is 8.63. The zero-order valence-electron chi connectivity index (χ0n) is 10.7. The van der Waals surface area contributed by atoms with Gasteiger partial charge in [-0.2, -0.15) is 0 Å². The van der Waals surface area contributed by atoms with Crippen molar-refractivity contribution in [2.24, 2.45) is 5.41 Å². The molecule has 0 aliphatic carbocycles. The molecular weight excluding hydrogens is 276 g/mol. The largest absolute Gasteiger partial charge is 0.398 e. The first-order valence-corrected chi connectivity index (χ1v) is 7.02. The molecule has 1 heterocycles. The summed E-state index contributed by atoms with van der Waals surface area (Å²) in [5.74, 6) is 0. The minimum atomic E-state index is 0.447. The van der Waals surface area contributed by atoms with E-state index in [9.17, 15) is 0 Å². The molecule has 0 spiro atoms. The van der Waals surface area contributed by atoms with E-state index in [4.69, 9.17) is 5.73 Å². The van der Waals surface area contributed by atoms with Crippen LogP contribution in [0.4, 0.5) is 5.69 Å². The Kier molecular flexibility index (Phi) is 3.79. The van der Waals surface area contributed by atoms with Crippen molar-refractivity contribution >= 4 is 21.6 Å². The van der Waals surface area contributed by atoms with Crippen molar-refractivity contribution < 1.29 is 0 Å². The maximum atomic E-state index is 6.05. The molecule has 3 heteroatoms. The van der Waals surface area contributed by atoms with E-state index in [0.29, 0.717) is 5.41 Å². The quantitative estimate of drug-likeness (QED) is 0.844. The van der Waals surface area contributed by atoms with E-state index < -0.39 is 0 Å². The second-order valence-electron chi connectivity index (χ2n) is 5.82. The third-order valence-electron chi connectivity index (χ3n) is 3.48. The van der Waals surface area contributed by atoms with Crippen LogP contribution in [0.5, 0.6) is 0 Å². The number of rotatable bonds is 2. The minimum Gasteiger partial charge on any atom is -0.398 e. The maximum absolute atomic E-state index is 6.05. The van der Waals surface area contributed by atoms with E-state index in [2.05, 4.69) is 46.8 Å². The Labute approximate surface area is 112 Å². The van der Waals surface area contributed by atoms with Gasteiger partial charge in [-0.25, -0.2) is 0 Å². The van der Waals surface area contributed by atoms with Gasteiger partial charge >= 0.3 is 0 Å². The molecule has 1 aromatic rings. The lowest BCUT2D eigenvalue weighted by molar-refractivity contribution is 0.112. The van der Waals surface area contributed by atoms with Crippen LogP contribution in [0.25, 0.3) is 0 Å². The van der Waals surface area contributed by atoms with Crippen LogP contribution in [-0.2, 0) is 6.54 Å². The Hall–Kier alpha value is -0.540. The number of piperidine rings is 1. The average molecular weight is 297 g/mol. The third-order valence-corrected chi connectivity index (χ3v) is 3.97. The molecule has 0 saturated carbocycles. The highest BCUT2D eigenvalue weighted by molar-refractivity contribution is 9.10. The lowest BCUT2D eigenvalue weighted by Gasteiger charge is -2.38. The Morgan fingerprint density at radius 1 is 1.41 bits per heavy atom. The Morgan fingerprint density at radius 3 is 2.82 bits per heavy atom. The molecule has 2 rings (SSSR count). The van der Waals surface area contributed by atoms with Gasteiger partial charge < -0.3 is 5.73 Å². The highest BCUT2D eigenvalue weighted by Crippen LogP contribution is 2.30. The number of likely N-dealkylation sites (tertiary alicyclic amines) is 1. The smallest absolute Gasteiger partial charge is 0.0371 e. The molecule has 1 aliphatic rings. The molecule has 94 valence electrons. The van der Waals surface area contributed by atoms with Crippen LogP contribution < -0.4 is 5.73 Å². The molecule has 0 atom stereocenters. The Balaban J connectivity index is 2.05. The number of benzene rings is 1. The zero-order valence-corrected chi connectivity index (χ0v) is 12.3. The maximum Gasteiger partial charge on any atom is 0.0371 e. The Bertz CT molecular complexity index is 401. The number of anilines is 1. The Morgan fingerprint density at radius 2 is 2.18 bits per heavy atom. The van der Waals surface area contributed by atoms with Gasteiger partial charge in [-0.3, -0.25) is 4.90 Å². The summed E-state index contributed by atoms with van der Waals surface area (Å²) in [4.78, 5) is 2.52. The van der Waals surface area contributed by atoms with Gasteiger partial charge in [0.1, 0.15) is 0 Å². The number of hydrogen-bond acceptors (Lipinski definition) is 2. The molecule has 0 aromatic heterocycles. The molecule has 0 unspecified atom stereocenters. The van der Waals surface area contributed by atoms with Crippen LogP contribution in [0, 0.1) is 5.41 Å². The molecule has 0 bridgehead atoms. The number of halogens is 1. The van der Waals surface area contributed by atoms with Crippen molar-refractivity contribution in [3.05, 3.63) is 28.2 Å². The van der Waals surface area contributed by atoms with Crippen molar-refractivity contribution in [1.29, 1.82) is 0 Å². The standard InChI is InChI=1S/C14H21BrN2/c1-14(2)6-3-7-17(10-14)9-11-4-5-12(15)8-13(11)16/h4-5,8H,3,6-7,9-10,16H2,1-2H3. The van der Waals surface area contributed by atoms with Gasteiger partial charge in [0.05, 0.1) is 0 Å². The first kappa shape index (κ1) is 12.9. The number of hydrogen-bond donors (Lipinski definition) is 1. The molecular formula is C14H21BrN2. The van der Waals surface area contributed by atoms with Crippen LogP contribution in [0.15, 0.2) is 22.7 Å². The van der Waals surface area contributed by atoms with Crippen LogP contribution >= 0.6 is 15.9 Å². The lowest BCUT2D eigenvalue weighted by atomic mass is 9.84. The van der Waals surface area contributed by atoms with Gasteiger partial charge in [-0.15, -0.1) is 0 Å². The van der Waals surface area contributed by atoms with E-state index in [1.165, 1.54) is 31.5 Å². The van der Waals surface area contributed by atoms with Crippen LogP contribution in [-0.4, -0.2) is 18.0 Å². The zero-order chi connectivity index (χ0) is 12.5. The van der Waals surface area contributed by atoms with Gasteiger partial charge in [0.25, 0.3) is 0 Å². The summed E-state index contributed by atoms with van der Waals surface area (Å²) in [7, 11) is 0. The minimum absolute atomic E-state index is 0.447. The van der Waals surface area contributed by atoms with Gasteiger partial charge in [-0.05, 0) is 42.5 Å². The highest BCUT2D eigenvalue weighted by atomic mass is 79.9. The summed E-state index contributed by atoms with van der Waals surface area (Å²) in [6.45, 7) is 8.04. The second-order valence-corrected chi connectivity index (χ2v) is 6.74. The second kappa shape index (κ2) is 4.99. The van der Waals surface area contributed by atoms with E-state index in [0.717, 1.165) is 16.7 Å². The topological polar surface area (TPSA) is 29.3 Å². The molecule has 0 radical (unpaired) electrons. The SMILES string of the molecule is CC1(C)CCCN(Cc2ccc(Br)cc2N)C1. The van der Waals surface area contributed by atoms with Crippen molar-refractivity contribution in [2.45, 2.75) is 33.2 Å². The van der Waals surface area contributed by atoms with Crippen LogP contribution in [0.3, 0.4) is 0 Å². The lowest BCUT2D eigenvalue weighted by Crippen LogP contribution is -2.39. The average Bonchev–Trinajstić information content (AvgIpc) is 2.21. The van der Waals surface area contributed by atoms with Gasteiger partial charge in [0, 0.05) is 23.2 Å². The molecule has 0 amide bonds. The van der Waals surface area contributed by atoms with E-state index in [-0.39, 0.29) is 0 Å². The van der Waals surface area contributed by atoms with E-state index in [1.807, 2.05) is 6.07 Å². The van der Waals surface area contributed by atoms with Crippen molar-refractivity contribution in [1.82, 2.24) is 4.90 Å². The van der Waals surface area contributed by atoms with Crippen LogP contribution in [0.2, 0.25) is 0 Å². The van der Waals surface area contributed by atoms with Crippen molar-refractivity contribution in [2.75, 3.05) is 18.8 Å². The molecule has 1 fully saturated rings. The molecule has 1 aromatic carbocycles.